The van der Waals surface area contributed by atoms with Crippen molar-refractivity contribution in [3.8, 4) is 11.8 Å². The first-order valence-corrected chi connectivity index (χ1v) is 6.94. The number of imidazole rings is 1. The second kappa shape index (κ2) is 6.08. The molecule has 2 rings (SSSR count). The summed E-state index contributed by atoms with van der Waals surface area (Å²) < 4.78 is 3.35. The third kappa shape index (κ3) is 3.49. The van der Waals surface area contributed by atoms with Crippen LogP contribution in [-0.4, -0.2) is 27.0 Å². The number of carbonyl (C=O) groups is 1. The Bertz CT molecular complexity index is 643. The van der Waals surface area contributed by atoms with Gasteiger partial charge in [-0.1, -0.05) is 5.92 Å². The van der Waals surface area contributed by atoms with Gasteiger partial charge < -0.3 is 14.9 Å². The summed E-state index contributed by atoms with van der Waals surface area (Å²) >= 11 is 6.58. The lowest BCUT2D eigenvalue weighted by Gasteiger charge is -1.97. The Morgan fingerprint density at radius 1 is 1.58 bits per heavy atom. The van der Waals surface area contributed by atoms with E-state index in [2.05, 4.69) is 59.0 Å². The van der Waals surface area contributed by atoms with E-state index in [-0.39, 0.29) is 12.5 Å². The zero-order valence-corrected chi connectivity index (χ0v) is 13.2. The minimum absolute atomic E-state index is 0.203. The van der Waals surface area contributed by atoms with Crippen LogP contribution in [0.15, 0.2) is 27.7 Å². The van der Waals surface area contributed by atoms with Crippen molar-refractivity contribution < 1.29 is 4.79 Å². The van der Waals surface area contributed by atoms with E-state index >= 15 is 0 Å². The Kier molecular flexibility index (Phi) is 4.45. The standard InChI is InChI=1S/C12H10Br2N4O/c1-18-7-15-6-8(18)3-2-4-16-12(19)10-5-9(13)11(14)17-10/h5-7,17H,4H2,1H3,(H,16,19). The number of rotatable bonds is 2. The van der Waals surface area contributed by atoms with Crippen LogP contribution in [0, 0.1) is 11.8 Å². The molecule has 0 aliphatic rings. The highest BCUT2D eigenvalue weighted by Crippen LogP contribution is 2.22. The molecule has 0 saturated heterocycles. The summed E-state index contributed by atoms with van der Waals surface area (Å²) in [5, 5.41) is 2.71. The number of nitrogens with zero attached hydrogens (tertiary/aromatic N) is 2. The fourth-order valence-electron chi connectivity index (χ4n) is 1.36. The van der Waals surface area contributed by atoms with Crippen molar-refractivity contribution in [3.05, 3.63) is 39.1 Å². The number of H-pyrrole nitrogens is 1. The van der Waals surface area contributed by atoms with E-state index in [0.29, 0.717) is 5.69 Å². The van der Waals surface area contributed by atoms with Crippen LogP contribution in [-0.2, 0) is 7.05 Å². The molecule has 0 radical (unpaired) electrons. The van der Waals surface area contributed by atoms with Crippen molar-refractivity contribution in [2.45, 2.75) is 0 Å². The monoisotopic (exact) mass is 384 g/mol. The summed E-state index contributed by atoms with van der Waals surface area (Å²) in [5.41, 5.74) is 1.28. The number of nitrogens with one attached hydrogen (secondary N) is 2. The summed E-state index contributed by atoms with van der Waals surface area (Å²) in [4.78, 5) is 18.6. The number of aromatic nitrogens is 3. The Balaban J connectivity index is 1.91. The minimum Gasteiger partial charge on any atom is -0.344 e. The van der Waals surface area contributed by atoms with Gasteiger partial charge in [-0.25, -0.2) is 4.98 Å². The van der Waals surface area contributed by atoms with Crippen LogP contribution in [0.1, 0.15) is 16.2 Å². The van der Waals surface area contributed by atoms with E-state index < -0.39 is 0 Å². The Morgan fingerprint density at radius 3 is 2.95 bits per heavy atom. The zero-order chi connectivity index (χ0) is 13.8. The van der Waals surface area contributed by atoms with Gasteiger partial charge in [0.1, 0.15) is 11.4 Å². The van der Waals surface area contributed by atoms with E-state index in [1.807, 2.05) is 11.6 Å². The van der Waals surface area contributed by atoms with Crippen molar-refractivity contribution in [3.63, 3.8) is 0 Å². The SMILES string of the molecule is Cn1cncc1C#CCNC(=O)c1cc(Br)c(Br)[nH]1. The van der Waals surface area contributed by atoms with Crippen LogP contribution in [0.2, 0.25) is 0 Å². The number of aromatic amines is 1. The smallest absolute Gasteiger partial charge is 0.268 e. The second-order valence-corrected chi connectivity index (χ2v) is 5.37. The summed E-state index contributed by atoms with van der Waals surface area (Å²) in [6.07, 6.45) is 3.35. The summed E-state index contributed by atoms with van der Waals surface area (Å²) in [6, 6.07) is 1.70. The molecule has 0 aromatic carbocycles. The number of halogens is 2. The maximum absolute atomic E-state index is 11.8. The Labute approximate surface area is 127 Å². The molecular formula is C12H10Br2N4O. The molecule has 0 atom stereocenters. The second-order valence-electron chi connectivity index (χ2n) is 3.72. The number of amides is 1. The first-order valence-electron chi connectivity index (χ1n) is 5.35. The Hall–Kier alpha value is -1.52. The molecule has 98 valence electrons. The molecule has 0 aliphatic carbocycles. The van der Waals surface area contributed by atoms with Crippen LogP contribution in [0.25, 0.3) is 0 Å². The fourth-order valence-corrected chi connectivity index (χ4v) is 2.01. The minimum atomic E-state index is -0.203. The topological polar surface area (TPSA) is 62.7 Å². The van der Waals surface area contributed by atoms with E-state index in [1.165, 1.54) is 0 Å². The highest BCUT2D eigenvalue weighted by atomic mass is 79.9. The predicted octanol–water partition coefficient (Wildman–Crippen LogP) is 2.05. The van der Waals surface area contributed by atoms with E-state index in [1.54, 1.807) is 18.6 Å². The molecule has 19 heavy (non-hydrogen) atoms. The molecule has 7 heteroatoms. The van der Waals surface area contributed by atoms with E-state index in [9.17, 15) is 4.79 Å². The summed E-state index contributed by atoms with van der Waals surface area (Å²) in [6.45, 7) is 0.276. The predicted molar refractivity (Wildman–Crippen MR) is 78.6 cm³/mol. The van der Waals surface area contributed by atoms with Gasteiger partial charge in [0.2, 0.25) is 0 Å². The molecular weight excluding hydrogens is 376 g/mol. The van der Waals surface area contributed by atoms with E-state index in [4.69, 9.17) is 0 Å². The van der Waals surface area contributed by atoms with Gasteiger partial charge in [-0.3, -0.25) is 4.79 Å². The number of hydrogen-bond donors (Lipinski definition) is 2. The number of carbonyl (C=O) groups excluding carboxylic acids is 1. The van der Waals surface area contributed by atoms with Gasteiger partial charge in [-0.05, 0) is 43.8 Å². The van der Waals surface area contributed by atoms with Gasteiger partial charge >= 0.3 is 0 Å². The van der Waals surface area contributed by atoms with Crippen LogP contribution >= 0.6 is 31.9 Å². The fraction of sp³-hybridized carbons (Fsp3) is 0.167. The van der Waals surface area contributed by atoms with Crippen molar-refractivity contribution in [2.75, 3.05) is 6.54 Å². The first kappa shape index (κ1) is 13.9. The summed E-state index contributed by atoms with van der Waals surface area (Å²) in [5.74, 6) is 5.59. The molecule has 2 aromatic rings. The van der Waals surface area contributed by atoms with Crippen LogP contribution in [0.4, 0.5) is 0 Å². The molecule has 0 aliphatic heterocycles. The maximum atomic E-state index is 11.8. The Morgan fingerprint density at radius 2 is 2.37 bits per heavy atom. The van der Waals surface area contributed by atoms with Gasteiger partial charge in [0, 0.05) is 7.05 Å². The van der Waals surface area contributed by atoms with Crippen LogP contribution in [0.5, 0.6) is 0 Å². The molecule has 2 heterocycles. The van der Waals surface area contributed by atoms with Crippen LogP contribution in [0.3, 0.4) is 0 Å². The largest absolute Gasteiger partial charge is 0.344 e. The van der Waals surface area contributed by atoms with Gasteiger partial charge in [-0.2, -0.15) is 0 Å². The van der Waals surface area contributed by atoms with Crippen molar-refractivity contribution in [1.82, 2.24) is 19.9 Å². The van der Waals surface area contributed by atoms with Crippen LogP contribution < -0.4 is 5.32 Å². The average molecular weight is 386 g/mol. The molecule has 0 bridgehead atoms. The molecule has 0 spiro atoms. The first-order chi connectivity index (χ1) is 9.08. The quantitative estimate of drug-likeness (QED) is 0.777. The zero-order valence-electron chi connectivity index (χ0n) is 10.00. The highest BCUT2D eigenvalue weighted by molar-refractivity contribution is 9.13. The lowest BCUT2D eigenvalue weighted by Crippen LogP contribution is -2.23. The van der Waals surface area contributed by atoms with Crippen molar-refractivity contribution in [2.24, 2.45) is 7.05 Å². The molecule has 2 N–H and O–H groups in total. The maximum Gasteiger partial charge on any atom is 0.268 e. The summed E-state index contributed by atoms with van der Waals surface area (Å²) in [7, 11) is 1.86. The molecule has 0 saturated carbocycles. The third-order valence-corrected chi connectivity index (χ3v) is 4.12. The molecule has 2 aromatic heterocycles. The van der Waals surface area contributed by atoms with Crippen molar-refractivity contribution >= 4 is 37.8 Å². The number of aryl methyl sites for hydroxylation is 1. The molecule has 0 unspecified atom stereocenters. The average Bonchev–Trinajstić information content (AvgIpc) is 2.92. The van der Waals surface area contributed by atoms with E-state index in [0.717, 1.165) is 14.8 Å². The highest BCUT2D eigenvalue weighted by Gasteiger charge is 2.09. The molecule has 0 fully saturated rings. The van der Waals surface area contributed by atoms with Crippen molar-refractivity contribution in [1.29, 1.82) is 0 Å². The van der Waals surface area contributed by atoms with Gasteiger partial charge in [0.25, 0.3) is 5.91 Å². The van der Waals surface area contributed by atoms with Gasteiger partial charge in [0.05, 0.1) is 28.1 Å². The lowest BCUT2D eigenvalue weighted by atomic mass is 10.4. The normalized spacial score (nSPS) is 9.84. The van der Waals surface area contributed by atoms with Gasteiger partial charge in [-0.15, -0.1) is 0 Å². The van der Waals surface area contributed by atoms with Gasteiger partial charge in [0.15, 0.2) is 0 Å². The molecule has 1 amide bonds. The molecule has 5 nitrogen and oxygen atoms in total. The third-order valence-electron chi connectivity index (χ3n) is 2.34. The number of hydrogen-bond acceptors (Lipinski definition) is 2. The lowest BCUT2D eigenvalue weighted by molar-refractivity contribution is 0.0954.